The van der Waals surface area contributed by atoms with Crippen LogP contribution in [0.4, 0.5) is 4.79 Å². The molecule has 0 aromatic carbocycles. The van der Waals surface area contributed by atoms with E-state index in [1.165, 1.54) is 16.6 Å². The Kier molecular flexibility index (Phi) is 7.02. The fourth-order valence-corrected chi connectivity index (χ4v) is 4.59. The summed E-state index contributed by atoms with van der Waals surface area (Å²) in [4.78, 5) is 26.0. The molecule has 0 aliphatic carbocycles. The number of rotatable bonds is 8. The molecule has 3 heterocycles. The van der Waals surface area contributed by atoms with E-state index in [0.29, 0.717) is 18.2 Å². The summed E-state index contributed by atoms with van der Waals surface area (Å²) in [7, 11) is 0. The van der Waals surface area contributed by atoms with Gasteiger partial charge in [0.2, 0.25) is 5.91 Å². The van der Waals surface area contributed by atoms with Gasteiger partial charge in [-0.15, -0.1) is 32.9 Å². The van der Waals surface area contributed by atoms with Crippen molar-refractivity contribution in [3.63, 3.8) is 0 Å². The Morgan fingerprint density at radius 1 is 1.19 bits per heavy atom. The molecule has 142 valence electrons. The molecule has 3 rings (SSSR count). The molecule has 0 atom stereocenters. The topological polar surface area (TPSA) is 88.9 Å². The number of hydrogen-bond acceptors (Lipinski definition) is 7. The van der Waals surface area contributed by atoms with E-state index in [0.717, 1.165) is 17.1 Å². The predicted molar refractivity (Wildman–Crippen MR) is 109 cm³/mol. The molecule has 0 aliphatic rings. The molecular formula is C17H19N5O2S3. The summed E-state index contributed by atoms with van der Waals surface area (Å²) in [6.45, 7) is 3.19. The Bertz CT molecular complexity index is 875. The predicted octanol–water partition coefficient (Wildman–Crippen LogP) is 3.25. The van der Waals surface area contributed by atoms with E-state index in [4.69, 9.17) is 0 Å². The van der Waals surface area contributed by atoms with E-state index in [2.05, 4.69) is 20.8 Å². The summed E-state index contributed by atoms with van der Waals surface area (Å²) in [6.07, 6.45) is 0.749. The van der Waals surface area contributed by atoms with Crippen LogP contribution in [0, 0.1) is 0 Å². The summed E-state index contributed by atoms with van der Waals surface area (Å²) >= 11 is 4.50. The Labute approximate surface area is 169 Å². The van der Waals surface area contributed by atoms with Crippen LogP contribution in [-0.4, -0.2) is 39.0 Å². The van der Waals surface area contributed by atoms with Crippen molar-refractivity contribution in [3.05, 3.63) is 39.9 Å². The molecule has 0 saturated carbocycles. The SMILES string of the molecule is CCn1c(SCC(=O)NC(=O)NCCc2cccs2)nnc1-c1cccs1. The number of carbonyl (C=O) groups excluding carboxylic acids is 2. The molecule has 27 heavy (non-hydrogen) atoms. The van der Waals surface area contributed by atoms with Crippen LogP contribution < -0.4 is 10.6 Å². The van der Waals surface area contributed by atoms with Crippen LogP contribution >= 0.6 is 34.4 Å². The zero-order valence-corrected chi connectivity index (χ0v) is 17.1. The molecule has 0 fully saturated rings. The molecular weight excluding hydrogens is 402 g/mol. The van der Waals surface area contributed by atoms with Gasteiger partial charge >= 0.3 is 6.03 Å². The van der Waals surface area contributed by atoms with Gasteiger partial charge in [-0.3, -0.25) is 10.1 Å². The maximum atomic E-state index is 12.0. The summed E-state index contributed by atoms with van der Waals surface area (Å²) in [5, 5.41) is 18.1. The smallest absolute Gasteiger partial charge is 0.321 e. The minimum atomic E-state index is -0.478. The highest BCUT2D eigenvalue weighted by Gasteiger charge is 2.16. The average Bonchev–Trinajstić information content (AvgIpc) is 3.40. The number of hydrogen-bond donors (Lipinski definition) is 2. The van der Waals surface area contributed by atoms with Crippen LogP contribution in [-0.2, 0) is 17.8 Å². The number of thiophene rings is 2. The van der Waals surface area contributed by atoms with Gasteiger partial charge in [0.05, 0.1) is 10.6 Å². The average molecular weight is 422 g/mol. The Hall–Kier alpha value is -2.17. The molecule has 0 spiro atoms. The molecule has 2 N–H and O–H groups in total. The minimum absolute atomic E-state index is 0.0981. The van der Waals surface area contributed by atoms with Crippen molar-refractivity contribution < 1.29 is 9.59 Å². The third-order valence-corrected chi connectivity index (χ3v) is 6.37. The third-order valence-electron chi connectivity index (χ3n) is 3.60. The van der Waals surface area contributed by atoms with E-state index in [1.807, 2.05) is 46.5 Å². The number of carbonyl (C=O) groups is 2. The quantitative estimate of drug-likeness (QED) is 0.545. The molecule has 3 amide bonds. The van der Waals surface area contributed by atoms with Gasteiger partial charge in [0.25, 0.3) is 0 Å². The van der Waals surface area contributed by atoms with Crippen molar-refractivity contribution in [2.45, 2.75) is 25.0 Å². The highest BCUT2D eigenvalue weighted by atomic mass is 32.2. The minimum Gasteiger partial charge on any atom is -0.337 e. The second kappa shape index (κ2) is 9.67. The number of amides is 3. The standard InChI is InChI=1S/C17H19N5O2S3/c1-2-22-15(13-6-4-10-26-13)20-21-17(22)27-11-14(23)19-16(24)18-8-7-12-5-3-9-25-12/h3-6,9-10H,2,7-8,11H2,1H3,(H2,18,19,23,24). The lowest BCUT2D eigenvalue weighted by atomic mass is 10.3. The Morgan fingerprint density at radius 2 is 2.00 bits per heavy atom. The lowest BCUT2D eigenvalue weighted by molar-refractivity contribution is -0.117. The van der Waals surface area contributed by atoms with Crippen LogP contribution in [0.25, 0.3) is 10.7 Å². The fraction of sp³-hybridized carbons (Fsp3) is 0.294. The summed E-state index contributed by atoms with van der Waals surface area (Å²) in [5.74, 6) is 0.527. The second-order valence-corrected chi connectivity index (χ2v) is 8.37. The number of nitrogens with one attached hydrogen (secondary N) is 2. The van der Waals surface area contributed by atoms with Gasteiger partial charge < -0.3 is 9.88 Å². The lowest BCUT2D eigenvalue weighted by Gasteiger charge is -2.07. The van der Waals surface area contributed by atoms with Gasteiger partial charge in [0.1, 0.15) is 0 Å². The van der Waals surface area contributed by atoms with E-state index in [-0.39, 0.29) is 11.7 Å². The summed E-state index contributed by atoms with van der Waals surface area (Å²) < 4.78 is 1.96. The first kappa shape index (κ1) is 19.6. The molecule has 0 aliphatic heterocycles. The number of aromatic nitrogens is 3. The van der Waals surface area contributed by atoms with Crippen LogP contribution in [0.15, 0.2) is 40.2 Å². The number of urea groups is 1. The van der Waals surface area contributed by atoms with Crippen LogP contribution in [0.2, 0.25) is 0 Å². The highest BCUT2D eigenvalue weighted by Crippen LogP contribution is 2.26. The number of thioether (sulfide) groups is 1. The number of nitrogens with zero attached hydrogens (tertiary/aromatic N) is 3. The summed E-state index contributed by atoms with van der Waals surface area (Å²) in [6, 6.07) is 7.46. The number of imide groups is 1. The van der Waals surface area contributed by atoms with E-state index in [9.17, 15) is 9.59 Å². The van der Waals surface area contributed by atoms with Crippen LogP contribution in [0.5, 0.6) is 0 Å². The van der Waals surface area contributed by atoms with Crippen molar-refractivity contribution in [2.24, 2.45) is 0 Å². The monoisotopic (exact) mass is 421 g/mol. The van der Waals surface area contributed by atoms with Crippen LogP contribution in [0.1, 0.15) is 11.8 Å². The van der Waals surface area contributed by atoms with Gasteiger partial charge in [0, 0.05) is 18.0 Å². The van der Waals surface area contributed by atoms with E-state index < -0.39 is 6.03 Å². The van der Waals surface area contributed by atoms with Gasteiger partial charge in [0.15, 0.2) is 11.0 Å². The van der Waals surface area contributed by atoms with Crippen molar-refractivity contribution >= 4 is 46.4 Å². The van der Waals surface area contributed by atoms with Crippen molar-refractivity contribution in [3.8, 4) is 10.7 Å². The fourth-order valence-electron chi connectivity index (χ4n) is 2.36. The van der Waals surface area contributed by atoms with Gasteiger partial charge in [-0.2, -0.15) is 0 Å². The van der Waals surface area contributed by atoms with E-state index in [1.54, 1.807) is 22.7 Å². The highest BCUT2D eigenvalue weighted by molar-refractivity contribution is 7.99. The molecule has 3 aromatic heterocycles. The first-order valence-corrected chi connectivity index (χ1v) is 11.1. The molecule has 0 unspecified atom stereocenters. The maximum absolute atomic E-state index is 12.0. The van der Waals surface area contributed by atoms with Gasteiger partial charge in [-0.1, -0.05) is 23.9 Å². The molecule has 7 nitrogen and oxygen atoms in total. The normalized spacial score (nSPS) is 10.7. The molecule has 0 saturated heterocycles. The zero-order valence-electron chi connectivity index (χ0n) is 14.7. The van der Waals surface area contributed by atoms with Crippen LogP contribution in [0.3, 0.4) is 0 Å². The molecule has 3 aromatic rings. The second-order valence-electron chi connectivity index (χ2n) is 5.45. The van der Waals surface area contributed by atoms with Crippen molar-refractivity contribution in [2.75, 3.05) is 12.3 Å². The molecule has 10 heteroatoms. The maximum Gasteiger partial charge on any atom is 0.321 e. The Morgan fingerprint density at radius 3 is 2.70 bits per heavy atom. The molecule has 0 bridgehead atoms. The largest absolute Gasteiger partial charge is 0.337 e. The van der Waals surface area contributed by atoms with Gasteiger partial charge in [-0.05, 0) is 36.2 Å². The first-order chi connectivity index (χ1) is 13.2. The van der Waals surface area contributed by atoms with Gasteiger partial charge in [-0.25, -0.2) is 4.79 Å². The third kappa shape index (κ3) is 5.41. The van der Waals surface area contributed by atoms with E-state index >= 15 is 0 Å². The zero-order chi connectivity index (χ0) is 19.1. The Balaban J connectivity index is 1.45. The summed E-state index contributed by atoms with van der Waals surface area (Å²) in [5.41, 5.74) is 0. The molecule has 0 radical (unpaired) electrons. The van der Waals surface area contributed by atoms with Crippen molar-refractivity contribution in [1.82, 2.24) is 25.4 Å². The van der Waals surface area contributed by atoms with Crippen molar-refractivity contribution in [1.29, 1.82) is 0 Å². The lowest BCUT2D eigenvalue weighted by Crippen LogP contribution is -2.41. The first-order valence-electron chi connectivity index (χ1n) is 8.37.